The highest BCUT2D eigenvalue weighted by Gasteiger charge is 2.02. The Morgan fingerprint density at radius 2 is 2.00 bits per heavy atom. The van der Waals surface area contributed by atoms with Gasteiger partial charge < -0.3 is 19.8 Å². The second-order valence-corrected chi connectivity index (χ2v) is 4.95. The molecule has 1 amide bonds. The highest BCUT2D eigenvalue weighted by molar-refractivity contribution is 5.75. The highest BCUT2D eigenvalue weighted by atomic mass is 16.5. The van der Waals surface area contributed by atoms with Gasteiger partial charge in [-0.15, -0.1) is 0 Å². The molecule has 118 valence electrons. The number of carbonyl (C=O) groups is 1. The van der Waals surface area contributed by atoms with Crippen LogP contribution in [-0.4, -0.2) is 26.1 Å². The lowest BCUT2D eigenvalue weighted by atomic mass is 10.1. The van der Waals surface area contributed by atoms with Crippen LogP contribution in [0.25, 0.3) is 0 Å². The summed E-state index contributed by atoms with van der Waals surface area (Å²) in [7, 11) is 1.66. The van der Waals surface area contributed by atoms with Crippen molar-refractivity contribution in [2.75, 3.05) is 20.2 Å². The summed E-state index contributed by atoms with van der Waals surface area (Å²) >= 11 is 0. The maximum absolute atomic E-state index is 11.6. The average molecular weight is 302 g/mol. The molecule has 0 unspecified atom stereocenters. The molecule has 22 heavy (non-hydrogen) atoms. The quantitative estimate of drug-likeness (QED) is 0.697. The first-order valence-corrected chi connectivity index (χ1v) is 7.40. The molecule has 0 bridgehead atoms. The summed E-state index contributed by atoms with van der Waals surface area (Å²) in [5.41, 5.74) is 1.25. The Morgan fingerprint density at radius 1 is 1.18 bits per heavy atom. The van der Waals surface area contributed by atoms with E-state index in [2.05, 4.69) is 22.8 Å². The summed E-state index contributed by atoms with van der Waals surface area (Å²) in [6.07, 6.45) is 2.99. The number of furan rings is 1. The predicted octanol–water partition coefficient (Wildman–Crippen LogP) is 2.13. The molecule has 0 saturated heterocycles. The van der Waals surface area contributed by atoms with Crippen LogP contribution in [0.15, 0.2) is 47.1 Å². The summed E-state index contributed by atoms with van der Waals surface area (Å²) < 4.78 is 10.3. The second-order valence-electron chi connectivity index (χ2n) is 4.95. The molecule has 1 aromatic carbocycles. The van der Waals surface area contributed by atoms with E-state index < -0.39 is 0 Å². The van der Waals surface area contributed by atoms with Crippen molar-refractivity contribution in [3.8, 4) is 5.75 Å². The van der Waals surface area contributed by atoms with E-state index in [1.807, 2.05) is 24.3 Å². The Balaban J connectivity index is 1.53. The molecule has 5 nitrogen and oxygen atoms in total. The fourth-order valence-corrected chi connectivity index (χ4v) is 2.04. The number of benzene rings is 1. The number of hydrogen-bond donors (Lipinski definition) is 2. The van der Waals surface area contributed by atoms with Gasteiger partial charge >= 0.3 is 0 Å². The van der Waals surface area contributed by atoms with Crippen LogP contribution < -0.4 is 15.4 Å². The van der Waals surface area contributed by atoms with Crippen LogP contribution in [0.3, 0.4) is 0 Å². The molecule has 1 aromatic heterocycles. The van der Waals surface area contributed by atoms with Crippen molar-refractivity contribution in [2.24, 2.45) is 0 Å². The lowest BCUT2D eigenvalue weighted by Gasteiger charge is -2.06. The molecule has 1 heterocycles. The minimum absolute atomic E-state index is 0.0216. The zero-order chi connectivity index (χ0) is 15.6. The van der Waals surface area contributed by atoms with Crippen LogP contribution in [0.5, 0.6) is 5.75 Å². The lowest BCUT2D eigenvalue weighted by Crippen LogP contribution is -2.28. The fourth-order valence-electron chi connectivity index (χ4n) is 2.04. The fraction of sp³-hybridized carbons (Fsp3) is 0.353. The number of carbonyl (C=O) groups excluding carboxylic acids is 1. The number of methoxy groups -OCH3 is 1. The molecule has 0 atom stereocenters. The normalized spacial score (nSPS) is 10.4. The van der Waals surface area contributed by atoms with Gasteiger partial charge in [0.15, 0.2) is 0 Å². The van der Waals surface area contributed by atoms with Gasteiger partial charge in [0.1, 0.15) is 11.5 Å². The maximum atomic E-state index is 11.6. The van der Waals surface area contributed by atoms with Crippen LogP contribution in [0, 0.1) is 0 Å². The van der Waals surface area contributed by atoms with Crippen molar-refractivity contribution in [3.05, 3.63) is 54.0 Å². The van der Waals surface area contributed by atoms with E-state index >= 15 is 0 Å². The van der Waals surface area contributed by atoms with Crippen LogP contribution in [0.4, 0.5) is 0 Å². The largest absolute Gasteiger partial charge is 0.497 e. The molecule has 0 fully saturated rings. The van der Waals surface area contributed by atoms with E-state index in [0.717, 1.165) is 24.5 Å². The van der Waals surface area contributed by atoms with E-state index in [-0.39, 0.29) is 5.91 Å². The van der Waals surface area contributed by atoms with Gasteiger partial charge in [-0.1, -0.05) is 12.1 Å². The molecule has 0 aliphatic rings. The summed E-state index contributed by atoms with van der Waals surface area (Å²) in [4.78, 5) is 11.6. The maximum Gasteiger partial charge on any atom is 0.221 e. The first kappa shape index (κ1) is 16.1. The third-order valence-corrected chi connectivity index (χ3v) is 3.32. The molecular formula is C17H22N2O3. The van der Waals surface area contributed by atoms with Crippen molar-refractivity contribution in [2.45, 2.75) is 19.4 Å². The predicted molar refractivity (Wildman–Crippen MR) is 84.7 cm³/mol. The Kier molecular flexibility index (Phi) is 6.51. The van der Waals surface area contributed by atoms with Crippen LogP contribution in [-0.2, 0) is 17.8 Å². The Bertz CT molecular complexity index is 550. The average Bonchev–Trinajstić information content (AvgIpc) is 3.06. The van der Waals surface area contributed by atoms with E-state index in [1.54, 1.807) is 13.4 Å². The molecular weight excluding hydrogens is 280 g/mol. The van der Waals surface area contributed by atoms with Crippen LogP contribution in [0.2, 0.25) is 0 Å². The van der Waals surface area contributed by atoms with E-state index in [0.29, 0.717) is 19.5 Å². The second kappa shape index (κ2) is 8.89. The zero-order valence-corrected chi connectivity index (χ0v) is 12.8. The molecule has 0 saturated carbocycles. The van der Waals surface area contributed by atoms with Crippen molar-refractivity contribution < 1.29 is 13.9 Å². The topological polar surface area (TPSA) is 63.5 Å². The molecule has 0 spiro atoms. The van der Waals surface area contributed by atoms with Gasteiger partial charge in [0.25, 0.3) is 0 Å². The molecule has 5 heteroatoms. The summed E-state index contributed by atoms with van der Waals surface area (Å²) in [5.74, 6) is 1.65. The van der Waals surface area contributed by atoms with E-state index in [9.17, 15) is 4.79 Å². The van der Waals surface area contributed by atoms with Crippen molar-refractivity contribution in [1.82, 2.24) is 10.6 Å². The standard InChI is InChI=1S/C17H22N2O3/c1-21-15-6-4-14(5-7-15)8-10-18-11-9-17(20)19-13-16-3-2-12-22-16/h2-7,12,18H,8-11,13H2,1H3,(H,19,20). The number of amides is 1. The van der Waals surface area contributed by atoms with Gasteiger partial charge in [0, 0.05) is 13.0 Å². The monoisotopic (exact) mass is 302 g/mol. The highest BCUT2D eigenvalue weighted by Crippen LogP contribution is 2.11. The van der Waals surface area contributed by atoms with E-state index in [4.69, 9.17) is 9.15 Å². The summed E-state index contributed by atoms with van der Waals surface area (Å²) in [5, 5.41) is 6.09. The Morgan fingerprint density at radius 3 is 2.68 bits per heavy atom. The number of hydrogen-bond acceptors (Lipinski definition) is 4. The van der Waals surface area contributed by atoms with Crippen molar-refractivity contribution >= 4 is 5.91 Å². The van der Waals surface area contributed by atoms with Gasteiger partial charge in [-0.25, -0.2) is 0 Å². The van der Waals surface area contributed by atoms with Crippen molar-refractivity contribution in [1.29, 1.82) is 0 Å². The Hall–Kier alpha value is -2.27. The third kappa shape index (κ3) is 5.61. The first-order valence-electron chi connectivity index (χ1n) is 7.40. The van der Waals surface area contributed by atoms with Crippen LogP contribution >= 0.6 is 0 Å². The SMILES string of the molecule is COc1ccc(CCNCCC(=O)NCc2ccco2)cc1. The molecule has 2 aromatic rings. The lowest BCUT2D eigenvalue weighted by molar-refractivity contribution is -0.121. The minimum atomic E-state index is 0.0216. The summed E-state index contributed by atoms with van der Waals surface area (Å²) in [6, 6.07) is 11.7. The molecule has 0 aliphatic heterocycles. The smallest absolute Gasteiger partial charge is 0.221 e. The number of nitrogens with one attached hydrogen (secondary N) is 2. The Labute approximate surface area is 130 Å². The number of rotatable bonds is 9. The molecule has 0 radical (unpaired) electrons. The first-order chi connectivity index (χ1) is 10.8. The zero-order valence-electron chi connectivity index (χ0n) is 12.8. The summed E-state index contributed by atoms with van der Waals surface area (Å²) in [6.45, 7) is 1.95. The van der Waals surface area contributed by atoms with Gasteiger partial charge in [-0.05, 0) is 42.8 Å². The minimum Gasteiger partial charge on any atom is -0.497 e. The van der Waals surface area contributed by atoms with Gasteiger partial charge in [0.2, 0.25) is 5.91 Å². The molecule has 0 aliphatic carbocycles. The van der Waals surface area contributed by atoms with Crippen molar-refractivity contribution in [3.63, 3.8) is 0 Å². The van der Waals surface area contributed by atoms with Gasteiger partial charge in [0.05, 0.1) is 19.9 Å². The van der Waals surface area contributed by atoms with Gasteiger partial charge in [-0.3, -0.25) is 4.79 Å². The molecule has 2 rings (SSSR count). The van der Waals surface area contributed by atoms with E-state index in [1.165, 1.54) is 5.56 Å². The number of ether oxygens (including phenoxy) is 1. The van der Waals surface area contributed by atoms with Crippen LogP contribution in [0.1, 0.15) is 17.7 Å². The van der Waals surface area contributed by atoms with Gasteiger partial charge in [-0.2, -0.15) is 0 Å². The molecule has 2 N–H and O–H groups in total. The third-order valence-electron chi connectivity index (χ3n) is 3.32.